The molecule has 1 aliphatic carbocycles. The van der Waals surface area contributed by atoms with Crippen LogP contribution in [0.5, 0.6) is 0 Å². The van der Waals surface area contributed by atoms with Gasteiger partial charge in [-0.1, -0.05) is 119 Å². The number of sulfonamides is 1. The molecule has 1 unspecified atom stereocenters. The van der Waals surface area contributed by atoms with Crippen molar-refractivity contribution in [2.45, 2.75) is 169 Å². The summed E-state index contributed by atoms with van der Waals surface area (Å²) in [6.07, 6.45) is 9.42. The maximum Gasteiger partial charge on any atom is 0.501 e. The Morgan fingerprint density at radius 3 is 2.08 bits per heavy atom. The number of halogens is 4. The second kappa shape index (κ2) is 40.5. The zero-order valence-corrected chi connectivity index (χ0v) is 71.9. The van der Waals surface area contributed by atoms with E-state index >= 15 is 0 Å². The summed E-state index contributed by atoms with van der Waals surface area (Å²) in [5.74, 6) is -1.13. The molecule has 5 atom stereocenters. The maximum atomic E-state index is 14.4. The van der Waals surface area contributed by atoms with E-state index in [0.29, 0.717) is 115 Å². The van der Waals surface area contributed by atoms with Crippen LogP contribution in [0, 0.1) is 17.8 Å². The predicted octanol–water partition coefficient (Wildman–Crippen LogP) is 13.5. The Labute approximate surface area is 696 Å². The Bertz CT molecular complexity index is 4580. The smallest absolute Gasteiger partial charge is 0.380 e. The van der Waals surface area contributed by atoms with E-state index in [0.717, 1.165) is 142 Å². The zero-order valence-electron chi connectivity index (χ0n) is 67.9. The standard InChI is InChI=1S/C86H114ClF3N12O10S4/c1-61(63-22-24-65(25-23-63)79-62(2)91-60-114-79)92-82(106)75-19-16-39-102(75)83(107)80(84(3,4)5)94-77(103)20-14-9-8-10-15-21-78(104)101-49-43-98(44-50-101)42-41-96(7)59-85(6)38-36-73(64-26-30-68(87)31-27-64)67(56-85)57-99-45-47-100(48-46-99)70-32-28-66(29-33-70)81(105)95-116(110,111)72-34-35-74(76(55-72)115(108,109)86(88,89)90)93-69(37-40-97-51-53-112-54-52-97)58-113-71-17-12-11-13-18-71/h11-13,17-18,22-35,55,60-61,69,75,80,93H,8-10,14-16,19-21,36-54,56-59H2,1-7H3,(H,92,106)(H,94,103)(H,95,105)/t61-,69+,75-,80+,85?/m0/s1. The fourth-order valence-electron chi connectivity index (χ4n) is 16.3. The van der Waals surface area contributed by atoms with E-state index < -0.39 is 70.3 Å². The van der Waals surface area contributed by atoms with Gasteiger partial charge in [0.1, 0.15) is 17.0 Å². The van der Waals surface area contributed by atoms with Crippen LogP contribution in [-0.4, -0.2) is 235 Å². The summed E-state index contributed by atoms with van der Waals surface area (Å²) in [5.41, 5.74) is 2.81. The average Bonchev–Trinajstić information content (AvgIpc) is 0.834. The lowest BCUT2D eigenvalue weighted by Gasteiger charge is -2.42. The van der Waals surface area contributed by atoms with Crippen molar-refractivity contribution in [2.75, 3.05) is 141 Å². The van der Waals surface area contributed by atoms with Crippen molar-refractivity contribution < 1.29 is 58.7 Å². The number of nitrogens with zero attached hydrogens (tertiary/aromatic N) is 8. The molecule has 630 valence electrons. The Hall–Kier alpha value is -7.45. The first-order chi connectivity index (χ1) is 55.3. The van der Waals surface area contributed by atoms with Crippen LogP contribution in [0.1, 0.15) is 151 Å². The highest BCUT2D eigenvalue weighted by Crippen LogP contribution is 2.45. The zero-order chi connectivity index (χ0) is 83.0. The molecule has 0 saturated carbocycles. The van der Waals surface area contributed by atoms with Gasteiger partial charge in [0.2, 0.25) is 23.6 Å². The number of ether oxygens (including phenoxy) is 1. The maximum absolute atomic E-state index is 14.4. The summed E-state index contributed by atoms with van der Waals surface area (Å²) in [6, 6.07) is 32.2. The van der Waals surface area contributed by atoms with Gasteiger partial charge in [-0.2, -0.15) is 13.2 Å². The summed E-state index contributed by atoms with van der Waals surface area (Å²) in [7, 11) is -8.80. The van der Waals surface area contributed by atoms with Crippen molar-refractivity contribution in [1.29, 1.82) is 0 Å². The molecule has 5 amide bonds. The van der Waals surface area contributed by atoms with Crippen molar-refractivity contribution in [3.05, 3.63) is 160 Å². The largest absolute Gasteiger partial charge is 0.501 e. The normalized spacial score (nSPS) is 19.2. The molecule has 0 spiro atoms. The van der Waals surface area contributed by atoms with Crippen LogP contribution in [0.2, 0.25) is 5.02 Å². The fourth-order valence-corrected chi connectivity index (χ4v) is 20.2. The number of anilines is 2. The lowest BCUT2D eigenvalue weighted by molar-refractivity contribution is -0.144. The molecule has 5 aliphatic rings. The molecule has 4 aliphatic heterocycles. The second-order valence-electron chi connectivity index (χ2n) is 33.0. The molecule has 4 N–H and O–H groups in total. The minimum absolute atomic E-state index is 0.0133. The number of nitrogens with one attached hydrogen (secondary N) is 4. The number of unbranched alkanes of at least 4 members (excludes halogenated alkanes) is 4. The van der Waals surface area contributed by atoms with Gasteiger partial charge in [-0.15, -0.1) is 23.1 Å². The highest BCUT2D eigenvalue weighted by Gasteiger charge is 2.49. The van der Waals surface area contributed by atoms with Gasteiger partial charge in [0.05, 0.1) is 45.9 Å². The van der Waals surface area contributed by atoms with Gasteiger partial charge in [0.25, 0.3) is 25.8 Å². The van der Waals surface area contributed by atoms with Gasteiger partial charge < -0.3 is 40.3 Å². The number of rotatable bonds is 35. The van der Waals surface area contributed by atoms with Crippen LogP contribution in [0.25, 0.3) is 16.0 Å². The average molecular weight is 1700 g/mol. The van der Waals surface area contributed by atoms with Gasteiger partial charge in [0.15, 0.2) is 0 Å². The molecule has 22 nitrogen and oxygen atoms in total. The monoisotopic (exact) mass is 1690 g/mol. The highest BCUT2D eigenvalue weighted by molar-refractivity contribution is 7.99. The first-order valence-corrected chi connectivity index (χ1v) is 45.9. The number of hydrogen-bond acceptors (Lipinski definition) is 19. The van der Waals surface area contributed by atoms with Crippen molar-refractivity contribution in [2.24, 2.45) is 10.8 Å². The van der Waals surface area contributed by atoms with Gasteiger partial charge in [-0.25, -0.2) is 26.5 Å². The van der Waals surface area contributed by atoms with Gasteiger partial charge in [-0.05, 0) is 172 Å². The summed E-state index contributed by atoms with van der Waals surface area (Å²) < 4.78 is 105. The number of hydrogen-bond donors (Lipinski definition) is 4. The summed E-state index contributed by atoms with van der Waals surface area (Å²) in [4.78, 5) is 88.2. The Balaban J connectivity index is 0.592. The van der Waals surface area contributed by atoms with Crippen LogP contribution in [0.4, 0.5) is 24.5 Å². The van der Waals surface area contributed by atoms with Crippen molar-refractivity contribution >= 4 is 101 Å². The number of benzene rings is 5. The van der Waals surface area contributed by atoms with Crippen molar-refractivity contribution in [3.8, 4) is 10.4 Å². The number of morpholine rings is 1. The molecule has 30 heteroatoms. The van der Waals surface area contributed by atoms with Gasteiger partial charge >= 0.3 is 5.51 Å². The molecule has 4 saturated heterocycles. The number of aromatic nitrogens is 1. The number of piperazine rings is 2. The first kappa shape index (κ1) is 89.3. The summed E-state index contributed by atoms with van der Waals surface area (Å²) in [6.45, 7) is 24.9. The number of amides is 5. The van der Waals surface area contributed by atoms with Crippen LogP contribution in [-0.2, 0) is 43.8 Å². The number of sulfone groups is 1. The fraction of sp³-hybridized carbons (Fsp3) is 0.535. The van der Waals surface area contributed by atoms with Crippen LogP contribution < -0.4 is 25.6 Å². The van der Waals surface area contributed by atoms with Crippen LogP contribution in [0.3, 0.4) is 0 Å². The lowest BCUT2D eigenvalue weighted by atomic mass is 9.71. The molecular formula is C86H114ClF3N12O10S4. The van der Waals surface area contributed by atoms with Crippen LogP contribution >= 0.6 is 34.7 Å². The van der Waals surface area contributed by atoms with E-state index in [2.05, 4.69) is 71.5 Å². The number of aryl methyl sites for hydroxylation is 1. The minimum Gasteiger partial charge on any atom is -0.380 e. The molecule has 6 aromatic rings. The number of thioether (sulfide) groups is 1. The number of allylic oxidation sites excluding steroid dienone is 1. The molecule has 4 fully saturated rings. The quantitative estimate of drug-likeness (QED) is 0.0213. The lowest BCUT2D eigenvalue weighted by Crippen LogP contribution is -2.57. The molecule has 11 rings (SSSR count). The third kappa shape index (κ3) is 24.4. The number of carbonyl (C=O) groups excluding carboxylic acids is 5. The summed E-state index contributed by atoms with van der Waals surface area (Å²) in [5, 5.41) is 9.89. The Morgan fingerprint density at radius 1 is 0.759 bits per heavy atom. The minimum atomic E-state index is -6.10. The van der Waals surface area contributed by atoms with E-state index in [4.69, 9.17) is 16.3 Å². The number of carbonyl (C=O) groups is 5. The molecule has 5 heterocycles. The molecule has 0 bridgehead atoms. The Kier molecular flexibility index (Phi) is 31.2. The number of alkyl halides is 3. The third-order valence-electron chi connectivity index (χ3n) is 23.1. The third-order valence-corrected chi connectivity index (χ3v) is 28.3. The Morgan fingerprint density at radius 2 is 1.41 bits per heavy atom. The topological polar surface area (TPSA) is 247 Å². The second-order valence-corrected chi connectivity index (χ2v) is 39.0. The van der Waals surface area contributed by atoms with E-state index in [-0.39, 0.29) is 47.1 Å². The SMILES string of the molecule is Cc1ncsc1-c1ccc([C@H](C)NC(=O)[C@@H]2CCCN2C(=O)[C@@H](NC(=O)CCCCCCCC(=O)N2CCN(CCN(C)CC3(C)CCC(c4ccc(Cl)cc4)=C(CN4CCN(c5ccc(C(=O)NS(=O)(=O)c6ccc(N[C@H](CCN7CCOCC7)CSc7ccccc7)c(S(=O)(=O)C(F)(F)F)c6)cc5)CC4)C3)CC2)C(C)(C)C)cc1. The van der Waals surface area contributed by atoms with E-state index in [1.165, 1.54) is 40.6 Å². The first-order valence-electron chi connectivity index (χ1n) is 40.7. The van der Waals surface area contributed by atoms with Crippen molar-refractivity contribution in [1.82, 2.24) is 49.7 Å². The molecule has 116 heavy (non-hydrogen) atoms. The van der Waals surface area contributed by atoms with E-state index in [9.17, 15) is 54.0 Å². The number of likely N-dealkylation sites (N-methyl/N-ethyl adjacent to an activating group) is 1. The molecule has 1 aromatic heterocycles. The predicted molar refractivity (Wildman–Crippen MR) is 454 cm³/mol. The molecule has 0 radical (unpaired) electrons. The van der Waals surface area contributed by atoms with Crippen LogP contribution in [0.15, 0.2) is 147 Å². The number of thiazole rings is 1. The van der Waals surface area contributed by atoms with Crippen molar-refractivity contribution in [3.63, 3.8) is 0 Å². The molecular weight excluding hydrogens is 1580 g/mol. The van der Waals surface area contributed by atoms with Gasteiger partial charge in [0, 0.05) is 151 Å². The van der Waals surface area contributed by atoms with E-state index in [1.807, 2.05) is 116 Å². The summed E-state index contributed by atoms with van der Waals surface area (Å²) >= 11 is 9.45. The number of likely N-dealkylation sites (tertiary alicyclic amines) is 1. The highest BCUT2D eigenvalue weighted by atomic mass is 35.5. The molecule has 5 aromatic carbocycles. The van der Waals surface area contributed by atoms with Gasteiger partial charge in [-0.3, -0.25) is 38.7 Å². The van der Waals surface area contributed by atoms with E-state index in [1.54, 1.807) is 28.4 Å².